The molecular weight excluding hydrogens is 322 g/mol. The van der Waals surface area contributed by atoms with E-state index in [0.717, 1.165) is 29.7 Å². The van der Waals surface area contributed by atoms with Crippen molar-refractivity contribution < 1.29 is 10.2 Å². The van der Waals surface area contributed by atoms with Crippen molar-refractivity contribution >= 4 is 0 Å². The van der Waals surface area contributed by atoms with Crippen molar-refractivity contribution in [2.45, 2.75) is 31.6 Å². The van der Waals surface area contributed by atoms with Gasteiger partial charge in [-0.1, -0.05) is 54.1 Å². The smallest absolute Gasteiger partial charge is 0.202 e. The van der Waals surface area contributed by atoms with Gasteiger partial charge in [-0.2, -0.15) is 0 Å². The van der Waals surface area contributed by atoms with Crippen LogP contribution in [0.15, 0.2) is 60.7 Å². The predicted octanol–water partition coefficient (Wildman–Crippen LogP) is 4.93. The van der Waals surface area contributed by atoms with E-state index >= 15 is 0 Å². The maximum atomic E-state index is 10.7. The molecule has 0 saturated heterocycles. The van der Waals surface area contributed by atoms with Gasteiger partial charge >= 0.3 is 0 Å². The molecule has 2 aromatic carbocycles. The molecular formula is C23H21NO2. The first-order valence-corrected chi connectivity index (χ1v) is 9.11. The first-order chi connectivity index (χ1) is 12.6. The third kappa shape index (κ3) is 2.20. The van der Waals surface area contributed by atoms with Gasteiger partial charge in [0.2, 0.25) is 11.8 Å². The minimum atomic E-state index is 0.181. The largest absolute Gasteiger partial charge is 0.494 e. The third-order valence-corrected chi connectivity index (χ3v) is 5.74. The Kier molecular flexibility index (Phi) is 3.26. The topological polar surface area (TPSA) is 45.4 Å². The Balaban J connectivity index is 1.46. The summed E-state index contributed by atoms with van der Waals surface area (Å²) < 4.78 is 1.58. The molecule has 3 nitrogen and oxygen atoms in total. The zero-order valence-corrected chi connectivity index (χ0v) is 14.7. The van der Waals surface area contributed by atoms with Crippen LogP contribution in [0, 0.1) is 6.92 Å². The van der Waals surface area contributed by atoms with Crippen molar-refractivity contribution in [1.82, 2.24) is 4.57 Å². The Morgan fingerprint density at radius 1 is 0.808 bits per heavy atom. The maximum Gasteiger partial charge on any atom is 0.202 e. The van der Waals surface area contributed by atoms with Crippen molar-refractivity contribution in [3.05, 3.63) is 88.5 Å². The number of allylic oxidation sites excluding steroid dienone is 2. The standard InChI is InChI=1S/C23H21NO2/c1-14-2-4-15(5-3-14)12-16-6-10-19(11-7-16)24-22(25)20-17-8-9-18(13-17)21(20)23(24)26/h2-11,17-18,25-26H,12-13H2,1H3. The molecule has 1 heterocycles. The highest BCUT2D eigenvalue weighted by atomic mass is 16.3. The molecule has 3 aromatic rings. The monoisotopic (exact) mass is 343 g/mol. The summed E-state index contributed by atoms with van der Waals surface area (Å²) in [5.74, 6) is 0.840. The van der Waals surface area contributed by atoms with Gasteiger partial charge in [0.15, 0.2) is 0 Å². The number of nitrogens with zero attached hydrogens (tertiary/aromatic N) is 1. The Morgan fingerprint density at radius 3 is 1.85 bits per heavy atom. The minimum absolute atomic E-state index is 0.181. The van der Waals surface area contributed by atoms with Gasteiger partial charge in [-0.15, -0.1) is 0 Å². The number of aryl methyl sites for hydroxylation is 1. The summed E-state index contributed by atoms with van der Waals surface area (Å²) in [6.07, 6.45) is 6.12. The van der Waals surface area contributed by atoms with Crippen LogP contribution in [0.1, 0.15) is 46.1 Å². The highest BCUT2D eigenvalue weighted by molar-refractivity contribution is 5.62. The Morgan fingerprint density at radius 2 is 1.31 bits per heavy atom. The Labute approximate surface area is 152 Å². The summed E-state index contributed by atoms with van der Waals surface area (Å²) >= 11 is 0. The number of aromatic nitrogens is 1. The van der Waals surface area contributed by atoms with Crippen LogP contribution in [0.25, 0.3) is 5.69 Å². The molecule has 2 bridgehead atoms. The lowest BCUT2D eigenvalue weighted by Gasteiger charge is -2.11. The first-order valence-electron chi connectivity index (χ1n) is 9.11. The summed E-state index contributed by atoms with van der Waals surface area (Å²) in [5.41, 5.74) is 6.34. The van der Waals surface area contributed by atoms with Gasteiger partial charge in [0.25, 0.3) is 0 Å². The second-order valence-electron chi connectivity index (χ2n) is 7.47. The fourth-order valence-electron chi connectivity index (χ4n) is 4.39. The molecule has 0 saturated carbocycles. The molecule has 0 radical (unpaired) electrons. The van der Waals surface area contributed by atoms with E-state index in [4.69, 9.17) is 0 Å². The van der Waals surface area contributed by atoms with Gasteiger partial charge in [-0.25, -0.2) is 0 Å². The minimum Gasteiger partial charge on any atom is -0.494 e. The molecule has 1 aromatic heterocycles. The van der Waals surface area contributed by atoms with Crippen LogP contribution in [-0.2, 0) is 6.42 Å². The average molecular weight is 343 g/mol. The van der Waals surface area contributed by atoms with E-state index in [0.29, 0.717) is 0 Å². The summed E-state index contributed by atoms with van der Waals surface area (Å²) in [6, 6.07) is 16.6. The highest BCUT2D eigenvalue weighted by Gasteiger charge is 2.41. The fraction of sp³-hybridized carbons (Fsp3) is 0.217. The van der Waals surface area contributed by atoms with Gasteiger partial charge < -0.3 is 10.2 Å². The lowest BCUT2D eigenvalue weighted by molar-refractivity contribution is 0.395. The maximum absolute atomic E-state index is 10.7. The highest BCUT2D eigenvalue weighted by Crippen LogP contribution is 2.57. The zero-order chi connectivity index (χ0) is 17.8. The molecule has 26 heavy (non-hydrogen) atoms. The van der Waals surface area contributed by atoms with E-state index in [1.807, 2.05) is 12.1 Å². The van der Waals surface area contributed by atoms with E-state index in [2.05, 4.69) is 55.5 Å². The van der Waals surface area contributed by atoms with Gasteiger partial charge in [0.05, 0.1) is 5.69 Å². The van der Waals surface area contributed by atoms with E-state index in [1.54, 1.807) is 4.57 Å². The fourth-order valence-corrected chi connectivity index (χ4v) is 4.39. The second kappa shape index (κ2) is 5.53. The van der Waals surface area contributed by atoms with Crippen molar-refractivity contribution in [3.8, 4) is 17.4 Å². The van der Waals surface area contributed by atoms with Gasteiger partial charge in [0, 0.05) is 23.0 Å². The molecule has 2 N–H and O–H groups in total. The van der Waals surface area contributed by atoms with E-state index in [9.17, 15) is 10.2 Å². The molecule has 3 heteroatoms. The normalized spacial score (nSPS) is 19.9. The van der Waals surface area contributed by atoms with Crippen LogP contribution in [0.3, 0.4) is 0 Å². The Hall–Kier alpha value is -2.94. The second-order valence-corrected chi connectivity index (χ2v) is 7.47. The number of fused-ring (bicyclic) bond motifs is 5. The molecule has 2 aliphatic rings. The summed E-state index contributed by atoms with van der Waals surface area (Å²) in [4.78, 5) is 0. The van der Waals surface area contributed by atoms with Crippen LogP contribution in [0.4, 0.5) is 0 Å². The van der Waals surface area contributed by atoms with E-state index in [-0.39, 0.29) is 23.6 Å². The molecule has 2 atom stereocenters. The predicted molar refractivity (Wildman–Crippen MR) is 102 cm³/mol. The molecule has 0 fully saturated rings. The quantitative estimate of drug-likeness (QED) is 0.663. The summed E-state index contributed by atoms with van der Waals surface area (Å²) in [5, 5.41) is 21.4. The molecule has 130 valence electrons. The van der Waals surface area contributed by atoms with Crippen LogP contribution in [0.5, 0.6) is 11.8 Å². The van der Waals surface area contributed by atoms with Crippen LogP contribution in [-0.4, -0.2) is 14.8 Å². The van der Waals surface area contributed by atoms with Gasteiger partial charge in [-0.05, 0) is 43.0 Å². The zero-order valence-electron chi connectivity index (χ0n) is 14.7. The molecule has 0 amide bonds. The molecule has 0 spiro atoms. The van der Waals surface area contributed by atoms with Gasteiger partial charge in [0.1, 0.15) is 0 Å². The van der Waals surface area contributed by atoms with Crippen molar-refractivity contribution in [3.63, 3.8) is 0 Å². The van der Waals surface area contributed by atoms with E-state index < -0.39 is 0 Å². The van der Waals surface area contributed by atoms with Crippen LogP contribution in [0.2, 0.25) is 0 Å². The van der Waals surface area contributed by atoms with Crippen molar-refractivity contribution in [2.75, 3.05) is 0 Å². The molecule has 5 rings (SSSR count). The molecule has 2 unspecified atom stereocenters. The Bertz CT molecular complexity index is 974. The molecule has 2 aliphatic carbocycles. The third-order valence-electron chi connectivity index (χ3n) is 5.74. The molecule has 0 aliphatic heterocycles. The van der Waals surface area contributed by atoms with Crippen molar-refractivity contribution in [1.29, 1.82) is 0 Å². The summed E-state index contributed by atoms with van der Waals surface area (Å²) in [6.45, 7) is 2.09. The number of hydrogen-bond acceptors (Lipinski definition) is 2. The average Bonchev–Trinajstić information content (AvgIpc) is 3.32. The van der Waals surface area contributed by atoms with Crippen LogP contribution >= 0.6 is 0 Å². The number of hydrogen-bond donors (Lipinski definition) is 2. The number of aromatic hydroxyl groups is 2. The number of rotatable bonds is 3. The lowest BCUT2D eigenvalue weighted by Crippen LogP contribution is -1.96. The summed E-state index contributed by atoms with van der Waals surface area (Å²) in [7, 11) is 0. The van der Waals surface area contributed by atoms with E-state index in [1.165, 1.54) is 16.7 Å². The van der Waals surface area contributed by atoms with Crippen LogP contribution < -0.4 is 0 Å². The van der Waals surface area contributed by atoms with Crippen molar-refractivity contribution in [2.24, 2.45) is 0 Å². The number of benzene rings is 2. The lowest BCUT2D eigenvalue weighted by atomic mass is 10.0. The SMILES string of the molecule is Cc1ccc(Cc2ccc(-n3c(O)c4c(c3O)C3C=CC4C3)cc2)cc1. The first kappa shape index (κ1) is 15.3. The van der Waals surface area contributed by atoms with Gasteiger partial charge in [-0.3, -0.25) is 4.57 Å².